The van der Waals surface area contributed by atoms with Gasteiger partial charge in [0, 0.05) is 0 Å². The first-order valence-corrected chi connectivity index (χ1v) is 19.2. The summed E-state index contributed by atoms with van der Waals surface area (Å²) in [6.07, 6.45) is -30.3. The molecule has 0 saturated heterocycles. The van der Waals surface area contributed by atoms with E-state index in [1.165, 1.54) is 0 Å². The average molecular weight is 841 g/mol. The van der Waals surface area contributed by atoms with Gasteiger partial charge in [-0.25, -0.2) is 0 Å². The quantitative estimate of drug-likeness (QED) is 0.115. The van der Waals surface area contributed by atoms with Crippen molar-refractivity contribution < 1.29 is 87.8 Å². The third-order valence-electron chi connectivity index (χ3n) is 4.44. The molecule has 0 aliphatic heterocycles. The van der Waals surface area contributed by atoms with Crippen LogP contribution in [0, 0.1) is 0 Å². The zero-order valence-corrected chi connectivity index (χ0v) is 22.4. The molecule has 0 aromatic heterocycles. The van der Waals surface area contributed by atoms with Crippen molar-refractivity contribution in [1.82, 2.24) is 0 Å². The van der Waals surface area contributed by atoms with Crippen LogP contribution in [-0.2, 0) is 0 Å². The predicted octanol–water partition coefficient (Wildman–Crippen LogP) is 8.18. The SMILES string of the molecule is FC(CCCC(F)(F)F)C(F)(F)C(F)(F)C(F)(F)[Te][Te]C(F)(F)C(F)(F)C(F)(F)C(F)CCCC(F)(F)F. The Morgan fingerprint density at radius 2 is 0.658 bits per heavy atom. The van der Waals surface area contributed by atoms with Gasteiger partial charge in [0.05, 0.1) is 0 Å². The van der Waals surface area contributed by atoms with Crippen molar-refractivity contribution in [3.05, 3.63) is 0 Å². The van der Waals surface area contributed by atoms with Crippen LogP contribution in [-0.4, -0.2) is 90.4 Å². The van der Waals surface area contributed by atoms with E-state index in [1.54, 1.807) is 0 Å². The number of alkyl halides is 20. The Balaban J connectivity index is 5.61. The molecule has 0 spiro atoms. The fourth-order valence-corrected chi connectivity index (χ4v) is 12.3. The van der Waals surface area contributed by atoms with Crippen LogP contribution < -0.4 is 0 Å². The molecule has 0 aromatic rings. The van der Waals surface area contributed by atoms with Gasteiger partial charge in [-0.3, -0.25) is 0 Å². The second-order valence-corrected chi connectivity index (χ2v) is 17.8. The van der Waals surface area contributed by atoms with Crippen LogP contribution in [0.1, 0.15) is 38.5 Å². The second kappa shape index (κ2) is 12.6. The number of hydrogen-bond donors (Lipinski definition) is 0. The number of halogens is 20. The summed E-state index contributed by atoms with van der Waals surface area (Å²) in [6.45, 7) is 0. The Bertz CT molecular complexity index is 680. The molecular weight excluding hydrogens is 827 g/mol. The molecule has 0 radical (unpaired) electrons. The van der Waals surface area contributed by atoms with E-state index in [9.17, 15) is 87.8 Å². The van der Waals surface area contributed by atoms with Gasteiger partial charge in [-0.05, 0) is 0 Å². The van der Waals surface area contributed by atoms with Crippen LogP contribution in [0.3, 0.4) is 0 Å². The molecule has 22 heteroatoms. The Morgan fingerprint density at radius 1 is 0.421 bits per heavy atom. The zero-order valence-electron chi connectivity index (χ0n) is 17.8. The fourth-order valence-electron chi connectivity index (χ4n) is 2.32. The van der Waals surface area contributed by atoms with E-state index in [2.05, 4.69) is 0 Å². The molecular formula is C16H14F20Te2. The van der Waals surface area contributed by atoms with Crippen LogP contribution in [0.25, 0.3) is 0 Å². The molecule has 2 atom stereocenters. The molecule has 0 amide bonds. The van der Waals surface area contributed by atoms with Crippen molar-refractivity contribution >= 4 is 34.1 Å². The molecule has 0 aliphatic carbocycles. The molecule has 0 fully saturated rings. The molecule has 0 N–H and O–H groups in total. The number of hydrogen-bond acceptors (Lipinski definition) is 0. The standard InChI is InChI=1S/C16H14F20Te2/c17-7(3-1-5-9(19,20)21)11(25,26)13(29,30)15(33,34)37-38-16(35,36)14(31,32)12(27,28)8(18)4-2-6-10(22,23)24/h7-8H,1-6H2. The summed E-state index contributed by atoms with van der Waals surface area (Å²) in [5.74, 6) is -26.9. The van der Waals surface area contributed by atoms with E-state index < -0.39 is 129 Å². The first-order chi connectivity index (χ1) is 16.5. The first kappa shape index (κ1) is 38.2. The Labute approximate surface area is 216 Å². The maximum atomic E-state index is 13.8. The summed E-state index contributed by atoms with van der Waals surface area (Å²) in [6, 6.07) is 0. The Morgan fingerprint density at radius 3 is 0.868 bits per heavy atom. The predicted molar refractivity (Wildman–Crippen MR) is 90.8 cm³/mol. The van der Waals surface area contributed by atoms with E-state index in [0.29, 0.717) is 0 Å². The van der Waals surface area contributed by atoms with Gasteiger partial charge in [-0.1, -0.05) is 0 Å². The molecule has 230 valence electrons. The summed E-state index contributed by atoms with van der Waals surface area (Å²) >= 11 is -9.66. The normalized spacial score (nSPS) is 17.1. The summed E-state index contributed by atoms with van der Waals surface area (Å²) in [5, 5.41) is 0. The molecule has 0 rings (SSSR count). The molecule has 0 aliphatic rings. The van der Waals surface area contributed by atoms with Gasteiger partial charge < -0.3 is 0 Å². The summed E-state index contributed by atoms with van der Waals surface area (Å²) in [7, 11) is 0. The van der Waals surface area contributed by atoms with Crippen molar-refractivity contribution in [2.75, 3.05) is 0 Å². The summed E-state index contributed by atoms with van der Waals surface area (Å²) in [5.41, 5.74) is 0. The van der Waals surface area contributed by atoms with E-state index in [0.717, 1.165) is 0 Å². The van der Waals surface area contributed by atoms with Gasteiger partial charge >= 0.3 is 217 Å². The zero-order chi connectivity index (χ0) is 30.8. The summed E-state index contributed by atoms with van der Waals surface area (Å²) in [4.78, 5) is 0. The molecule has 0 saturated carbocycles. The van der Waals surface area contributed by atoms with E-state index in [-0.39, 0.29) is 0 Å². The molecule has 0 nitrogen and oxygen atoms in total. The van der Waals surface area contributed by atoms with Gasteiger partial charge in [0.2, 0.25) is 0 Å². The monoisotopic (exact) mass is 846 g/mol. The van der Waals surface area contributed by atoms with E-state index >= 15 is 0 Å². The Kier molecular flexibility index (Phi) is 12.6. The van der Waals surface area contributed by atoms with Gasteiger partial charge in [0.25, 0.3) is 0 Å². The minimum atomic E-state index is -6.93. The molecule has 38 heavy (non-hydrogen) atoms. The topological polar surface area (TPSA) is 0 Å². The van der Waals surface area contributed by atoms with Gasteiger partial charge in [-0.15, -0.1) is 0 Å². The minimum absolute atomic E-state index is 1.60. The molecule has 0 heterocycles. The van der Waals surface area contributed by atoms with Crippen molar-refractivity contribution in [1.29, 1.82) is 0 Å². The summed E-state index contributed by atoms with van der Waals surface area (Å²) < 4.78 is 250. The van der Waals surface area contributed by atoms with Crippen LogP contribution in [0.5, 0.6) is 0 Å². The van der Waals surface area contributed by atoms with Crippen LogP contribution in [0.2, 0.25) is 0 Å². The van der Waals surface area contributed by atoms with Crippen molar-refractivity contribution in [2.45, 2.75) is 94.9 Å². The van der Waals surface area contributed by atoms with Crippen molar-refractivity contribution in [3.63, 3.8) is 0 Å². The van der Waals surface area contributed by atoms with Crippen LogP contribution >= 0.6 is 0 Å². The third kappa shape index (κ3) is 9.36. The first-order valence-electron chi connectivity index (χ1n) is 9.51. The number of rotatable bonds is 15. The molecule has 2 unspecified atom stereocenters. The van der Waals surface area contributed by atoms with Gasteiger partial charge in [0.15, 0.2) is 0 Å². The van der Waals surface area contributed by atoms with Gasteiger partial charge in [0.1, 0.15) is 0 Å². The van der Waals surface area contributed by atoms with Crippen LogP contribution in [0.4, 0.5) is 87.8 Å². The van der Waals surface area contributed by atoms with Crippen molar-refractivity contribution in [2.24, 2.45) is 0 Å². The Hall–Kier alpha value is 0.179. The van der Waals surface area contributed by atoms with E-state index in [4.69, 9.17) is 0 Å². The molecule has 0 aromatic carbocycles. The van der Waals surface area contributed by atoms with E-state index in [1.807, 2.05) is 0 Å². The fraction of sp³-hybridized carbons (Fsp3) is 1.00. The van der Waals surface area contributed by atoms with Crippen molar-refractivity contribution in [3.8, 4) is 0 Å². The third-order valence-corrected chi connectivity index (χ3v) is 16.9. The second-order valence-electron chi connectivity index (χ2n) is 7.54. The molecule has 0 bridgehead atoms. The van der Waals surface area contributed by atoms with Gasteiger partial charge in [-0.2, -0.15) is 0 Å². The van der Waals surface area contributed by atoms with Crippen LogP contribution in [0.15, 0.2) is 0 Å². The average Bonchev–Trinajstić information content (AvgIpc) is 2.69. The maximum absolute atomic E-state index is 13.8.